The molecule has 2 rings (SSSR count). The second kappa shape index (κ2) is 7.07. The van der Waals surface area contributed by atoms with Crippen LogP contribution in [-0.2, 0) is 6.54 Å². The summed E-state index contributed by atoms with van der Waals surface area (Å²) in [6.45, 7) is 2.38. The van der Waals surface area contributed by atoms with Crippen molar-refractivity contribution in [1.29, 1.82) is 0 Å². The van der Waals surface area contributed by atoms with Gasteiger partial charge in [-0.2, -0.15) is 0 Å². The fourth-order valence-electron chi connectivity index (χ4n) is 1.70. The van der Waals surface area contributed by atoms with E-state index in [2.05, 4.69) is 10.6 Å². The second-order valence-corrected chi connectivity index (χ2v) is 4.44. The van der Waals surface area contributed by atoms with Gasteiger partial charge in [-0.3, -0.25) is 0 Å². The zero-order valence-electron chi connectivity index (χ0n) is 10.8. The van der Waals surface area contributed by atoms with Gasteiger partial charge in [-0.1, -0.05) is 11.6 Å². The highest BCUT2D eigenvalue weighted by Crippen LogP contribution is 2.26. The van der Waals surface area contributed by atoms with E-state index in [0.717, 1.165) is 31.1 Å². The molecule has 4 nitrogen and oxygen atoms in total. The Kier molecular flexibility index (Phi) is 5.12. The summed E-state index contributed by atoms with van der Waals surface area (Å²) >= 11 is 6.04. The van der Waals surface area contributed by atoms with Gasteiger partial charge in [-0.25, -0.2) is 0 Å². The minimum Gasteiger partial charge on any atom is -0.495 e. The van der Waals surface area contributed by atoms with Crippen molar-refractivity contribution in [3.05, 3.63) is 47.4 Å². The molecule has 1 heterocycles. The average molecular weight is 281 g/mol. The maximum absolute atomic E-state index is 6.04. The highest BCUT2D eigenvalue weighted by Gasteiger charge is 2.01. The number of furan rings is 1. The molecule has 0 unspecified atom stereocenters. The molecule has 1 aromatic heterocycles. The van der Waals surface area contributed by atoms with E-state index in [9.17, 15) is 0 Å². The van der Waals surface area contributed by atoms with Gasteiger partial charge in [-0.05, 0) is 30.3 Å². The molecule has 1 aromatic carbocycles. The minimum atomic E-state index is 0.607. The summed E-state index contributed by atoms with van der Waals surface area (Å²) in [7, 11) is 1.60. The summed E-state index contributed by atoms with van der Waals surface area (Å²) < 4.78 is 10.3. The van der Waals surface area contributed by atoms with Crippen LogP contribution >= 0.6 is 11.6 Å². The molecule has 102 valence electrons. The van der Waals surface area contributed by atoms with E-state index in [1.807, 2.05) is 30.3 Å². The lowest BCUT2D eigenvalue weighted by Crippen LogP contribution is -2.21. The molecule has 0 atom stereocenters. The Morgan fingerprint density at radius 3 is 2.84 bits per heavy atom. The standard InChI is InChI=1S/C14H17ClN2O2/c1-18-14-5-4-11(9-13(14)15)17-7-6-16-10-12-3-2-8-19-12/h2-5,8-9,16-17H,6-7,10H2,1H3. The number of halogens is 1. The first-order valence-corrected chi connectivity index (χ1v) is 6.48. The van der Waals surface area contributed by atoms with Gasteiger partial charge in [0.1, 0.15) is 11.5 Å². The van der Waals surface area contributed by atoms with Gasteiger partial charge in [0, 0.05) is 18.8 Å². The smallest absolute Gasteiger partial charge is 0.137 e. The third-order valence-corrected chi connectivity index (χ3v) is 2.96. The number of hydrogen-bond donors (Lipinski definition) is 2. The van der Waals surface area contributed by atoms with E-state index in [4.69, 9.17) is 20.8 Å². The van der Waals surface area contributed by atoms with Crippen molar-refractivity contribution in [2.24, 2.45) is 0 Å². The third-order valence-electron chi connectivity index (χ3n) is 2.66. The van der Waals surface area contributed by atoms with Crippen LogP contribution in [0.1, 0.15) is 5.76 Å². The van der Waals surface area contributed by atoms with Crippen molar-refractivity contribution in [2.45, 2.75) is 6.54 Å². The summed E-state index contributed by atoms with van der Waals surface area (Å²) in [6, 6.07) is 9.48. The molecule has 2 aromatic rings. The number of anilines is 1. The van der Waals surface area contributed by atoms with Crippen LogP contribution in [0.15, 0.2) is 41.0 Å². The molecule has 19 heavy (non-hydrogen) atoms. The lowest BCUT2D eigenvalue weighted by Gasteiger charge is -2.09. The van der Waals surface area contributed by atoms with Crippen molar-refractivity contribution in [3.8, 4) is 5.75 Å². The molecule has 0 aliphatic rings. The zero-order chi connectivity index (χ0) is 13.5. The highest BCUT2D eigenvalue weighted by atomic mass is 35.5. The fourth-order valence-corrected chi connectivity index (χ4v) is 1.95. The Morgan fingerprint density at radius 1 is 1.26 bits per heavy atom. The van der Waals surface area contributed by atoms with Crippen LogP contribution in [0, 0.1) is 0 Å². The van der Waals surface area contributed by atoms with E-state index >= 15 is 0 Å². The molecule has 0 aliphatic heterocycles. The maximum Gasteiger partial charge on any atom is 0.137 e. The average Bonchev–Trinajstić information content (AvgIpc) is 2.92. The number of rotatable bonds is 7. The molecule has 0 saturated heterocycles. The van der Waals surface area contributed by atoms with Crippen molar-refractivity contribution in [3.63, 3.8) is 0 Å². The maximum atomic E-state index is 6.04. The van der Waals surface area contributed by atoms with Gasteiger partial charge in [0.15, 0.2) is 0 Å². The normalized spacial score (nSPS) is 10.4. The Labute approximate surface area is 117 Å². The molecule has 5 heteroatoms. The first kappa shape index (κ1) is 13.8. The predicted molar refractivity (Wildman–Crippen MR) is 76.9 cm³/mol. The molecule has 0 fully saturated rings. The minimum absolute atomic E-state index is 0.607. The second-order valence-electron chi connectivity index (χ2n) is 4.03. The van der Waals surface area contributed by atoms with Gasteiger partial charge in [0.05, 0.1) is 24.9 Å². The van der Waals surface area contributed by atoms with E-state index < -0.39 is 0 Å². The van der Waals surface area contributed by atoms with Crippen LogP contribution < -0.4 is 15.4 Å². The SMILES string of the molecule is COc1ccc(NCCNCc2ccco2)cc1Cl. The van der Waals surface area contributed by atoms with Crippen molar-refractivity contribution in [2.75, 3.05) is 25.5 Å². The lowest BCUT2D eigenvalue weighted by molar-refractivity contribution is 0.415. The molecule has 0 saturated carbocycles. The van der Waals surface area contributed by atoms with E-state index in [0.29, 0.717) is 10.8 Å². The lowest BCUT2D eigenvalue weighted by atomic mass is 10.3. The molecule has 0 spiro atoms. The Morgan fingerprint density at radius 2 is 2.16 bits per heavy atom. The monoisotopic (exact) mass is 280 g/mol. The van der Waals surface area contributed by atoms with E-state index in [1.165, 1.54) is 0 Å². The van der Waals surface area contributed by atoms with Crippen LogP contribution in [0.2, 0.25) is 5.02 Å². The summed E-state index contributed by atoms with van der Waals surface area (Å²) in [4.78, 5) is 0. The first-order chi connectivity index (χ1) is 9.29. The number of nitrogens with one attached hydrogen (secondary N) is 2. The summed E-state index contributed by atoms with van der Waals surface area (Å²) in [6.07, 6.45) is 1.68. The summed E-state index contributed by atoms with van der Waals surface area (Å²) in [5.41, 5.74) is 0.977. The van der Waals surface area contributed by atoms with Crippen molar-refractivity contribution < 1.29 is 9.15 Å². The molecule has 0 radical (unpaired) electrons. The molecular weight excluding hydrogens is 264 g/mol. The zero-order valence-corrected chi connectivity index (χ0v) is 11.5. The van der Waals surface area contributed by atoms with Gasteiger partial charge in [0.2, 0.25) is 0 Å². The van der Waals surface area contributed by atoms with Crippen LogP contribution in [0.25, 0.3) is 0 Å². The number of benzene rings is 1. The Hall–Kier alpha value is -1.65. The largest absolute Gasteiger partial charge is 0.495 e. The fraction of sp³-hybridized carbons (Fsp3) is 0.286. The van der Waals surface area contributed by atoms with Crippen LogP contribution in [0.4, 0.5) is 5.69 Å². The molecule has 0 bridgehead atoms. The number of ether oxygens (including phenoxy) is 1. The number of methoxy groups -OCH3 is 1. The van der Waals surface area contributed by atoms with Gasteiger partial charge in [0.25, 0.3) is 0 Å². The van der Waals surface area contributed by atoms with Gasteiger partial charge < -0.3 is 19.8 Å². The number of hydrogen-bond acceptors (Lipinski definition) is 4. The van der Waals surface area contributed by atoms with Crippen molar-refractivity contribution >= 4 is 17.3 Å². The Balaban J connectivity index is 1.69. The highest BCUT2D eigenvalue weighted by molar-refractivity contribution is 6.32. The quantitative estimate of drug-likeness (QED) is 0.765. The molecule has 2 N–H and O–H groups in total. The predicted octanol–water partition coefficient (Wildman–Crippen LogP) is 3.14. The first-order valence-electron chi connectivity index (χ1n) is 6.10. The summed E-state index contributed by atoms with van der Waals surface area (Å²) in [5, 5.41) is 7.17. The topological polar surface area (TPSA) is 46.4 Å². The van der Waals surface area contributed by atoms with Gasteiger partial charge in [-0.15, -0.1) is 0 Å². The van der Waals surface area contributed by atoms with E-state index in [1.54, 1.807) is 13.4 Å². The molecular formula is C14H17ClN2O2. The summed E-state index contributed by atoms with van der Waals surface area (Å²) in [5.74, 6) is 1.62. The van der Waals surface area contributed by atoms with Crippen molar-refractivity contribution in [1.82, 2.24) is 5.32 Å². The third kappa shape index (κ3) is 4.19. The van der Waals surface area contributed by atoms with Crippen LogP contribution in [-0.4, -0.2) is 20.2 Å². The van der Waals surface area contributed by atoms with Crippen LogP contribution in [0.3, 0.4) is 0 Å². The molecule has 0 aliphatic carbocycles. The van der Waals surface area contributed by atoms with Crippen LogP contribution in [0.5, 0.6) is 5.75 Å². The Bertz CT molecular complexity index is 500. The molecule has 0 amide bonds. The van der Waals surface area contributed by atoms with E-state index in [-0.39, 0.29) is 0 Å². The van der Waals surface area contributed by atoms with Gasteiger partial charge >= 0.3 is 0 Å².